The summed E-state index contributed by atoms with van der Waals surface area (Å²) in [6, 6.07) is 3.48. The van der Waals surface area contributed by atoms with Gasteiger partial charge in [-0.2, -0.15) is 5.26 Å². The normalized spacial score (nSPS) is 12.3. The molecule has 86 valence electrons. The zero-order chi connectivity index (χ0) is 12.6. The van der Waals surface area contributed by atoms with E-state index in [-0.39, 0.29) is 0 Å². The Balaban J connectivity index is 2.66. The van der Waals surface area contributed by atoms with Crippen molar-refractivity contribution in [3.8, 4) is 6.07 Å². The lowest BCUT2D eigenvalue weighted by Gasteiger charge is -1.98. The first-order valence-electron chi connectivity index (χ1n) is 4.84. The molecular weight excluding hydrogens is 242 g/mol. The highest BCUT2D eigenvalue weighted by atomic mass is 35.5. The summed E-state index contributed by atoms with van der Waals surface area (Å²) >= 11 is 5.84. The number of hydrogen-bond donors (Lipinski definition) is 1. The SMILES string of the molecule is CC(C(=O)O)c1cn2cc(Cl)cc(C#N)c2n1. The third-order valence-corrected chi connectivity index (χ3v) is 2.68. The van der Waals surface area contributed by atoms with Crippen molar-refractivity contribution in [2.24, 2.45) is 0 Å². The van der Waals surface area contributed by atoms with Crippen LogP contribution in [0.5, 0.6) is 0 Å². The standard InChI is InChI=1S/C11H8ClN3O2/c1-6(11(16)17)9-5-15-4-8(12)2-7(3-13)10(15)14-9/h2,4-6H,1H3,(H,16,17). The summed E-state index contributed by atoms with van der Waals surface area (Å²) in [5, 5.41) is 18.2. The molecule has 2 aromatic heterocycles. The number of rotatable bonds is 2. The first-order valence-corrected chi connectivity index (χ1v) is 5.21. The molecule has 0 spiro atoms. The van der Waals surface area contributed by atoms with Crippen molar-refractivity contribution in [3.63, 3.8) is 0 Å². The smallest absolute Gasteiger partial charge is 0.312 e. The molecule has 17 heavy (non-hydrogen) atoms. The Hall–Kier alpha value is -2.06. The molecule has 0 bridgehead atoms. The highest BCUT2D eigenvalue weighted by molar-refractivity contribution is 6.30. The molecule has 0 aliphatic carbocycles. The lowest BCUT2D eigenvalue weighted by atomic mass is 10.1. The van der Waals surface area contributed by atoms with E-state index in [9.17, 15) is 4.79 Å². The lowest BCUT2D eigenvalue weighted by molar-refractivity contribution is -0.138. The van der Waals surface area contributed by atoms with E-state index in [1.54, 1.807) is 16.8 Å². The van der Waals surface area contributed by atoms with E-state index in [0.29, 0.717) is 21.9 Å². The van der Waals surface area contributed by atoms with Gasteiger partial charge in [0, 0.05) is 12.4 Å². The maximum atomic E-state index is 10.9. The molecule has 0 amide bonds. The van der Waals surface area contributed by atoms with Crippen molar-refractivity contribution in [2.45, 2.75) is 12.8 Å². The first-order chi connectivity index (χ1) is 8.02. The maximum Gasteiger partial charge on any atom is 0.312 e. The summed E-state index contributed by atoms with van der Waals surface area (Å²) in [5.41, 5.74) is 1.14. The summed E-state index contributed by atoms with van der Waals surface area (Å²) in [4.78, 5) is 15.0. The average molecular weight is 250 g/mol. The van der Waals surface area contributed by atoms with Gasteiger partial charge in [0.2, 0.25) is 0 Å². The molecule has 0 aromatic carbocycles. The van der Waals surface area contributed by atoms with Gasteiger partial charge >= 0.3 is 5.97 Å². The second kappa shape index (κ2) is 4.07. The van der Waals surface area contributed by atoms with Gasteiger partial charge < -0.3 is 9.51 Å². The number of imidazole rings is 1. The minimum absolute atomic E-state index is 0.321. The molecule has 0 aliphatic rings. The van der Waals surface area contributed by atoms with E-state index >= 15 is 0 Å². The molecule has 2 rings (SSSR count). The van der Waals surface area contributed by atoms with Gasteiger partial charge in [0.05, 0.1) is 22.2 Å². The Kier molecular flexibility index (Phi) is 2.74. The van der Waals surface area contributed by atoms with Gasteiger partial charge in [-0.05, 0) is 13.0 Å². The summed E-state index contributed by atoms with van der Waals surface area (Å²) in [6.45, 7) is 1.54. The van der Waals surface area contributed by atoms with Gasteiger partial charge in [0.1, 0.15) is 6.07 Å². The second-order valence-electron chi connectivity index (χ2n) is 3.64. The molecule has 2 aromatic rings. The van der Waals surface area contributed by atoms with Crippen LogP contribution in [0.3, 0.4) is 0 Å². The zero-order valence-corrected chi connectivity index (χ0v) is 9.64. The molecule has 2 heterocycles. The number of nitrogens with zero attached hydrogens (tertiary/aromatic N) is 3. The quantitative estimate of drug-likeness (QED) is 0.883. The number of carboxylic acid groups (broad SMARTS) is 1. The number of halogens is 1. The van der Waals surface area contributed by atoms with Crippen LogP contribution >= 0.6 is 11.6 Å². The summed E-state index contributed by atoms with van der Waals surface area (Å²) in [6.07, 6.45) is 3.16. The molecule has 5 nitrogen and oxygen atoms in total. The molecular formula is C11H8ClN3O2. The average Bonchev–Trinajstić information content (AvgIpc) is 2.69. The van der Waals surface area contributed by atoms with Crippen LogP contribution in [-0.2, 0) is 4.79 Å². The van der Waals surface area contributed by atoms with E-state index in [0.717, 1.165) is 0 Å². The van der Waals surface area contributed by atoms with E-state index in [4.69, 9.17) is 22.0 Å². The minimum atomic E-state index is -0.960. The number of nitriles is 1. The maximum absolute atomic E-state index is 10.9. The third-order valence-electron chi connectivity index (χ3n) is 2.47. The van der Waals surface area contributed by atoms with Crippen molar-refractivity contribution < 1.29 is 9.90 Å². The minimum Gasteiger partial charge on any atom is -0.481 e. The fourth-order valence-electron chi connectivity index (χ4n) is 1.50. The van der Waals surface area contributed by atoms with Crippen LogP contribution in [0.4, 0.5) is 0 Å². The molecule has 1 unspecified atom stereocenters. The van der Waals surface area contributed by atoms with E-state index < -0.39 is 11.9 Å². The number of carbonyl (C=O) groups is 1. The molecule has 0 fully saturated rings. The summed E-state index contributed by atoms with van der Waals surface area (Å²) in [7, 11) is 0. The predicted molar refractivity (Wildman–Crippen MR) is 61.0 cm³/mol. The number of hydrogen-bond acceptors (Lipinski definition) is 3. The van der Waals surface area contributed by atoms with Crippen LogP contribution in [0.2, 0.25) is 5.02 Å². The fourth-order valence-corrected chi connectivity index (χ4v) is 1.71. The number of pyridine rings is 1. The molecule has 0 radical (unpaired) electrons. The molecule has 1 N–H and O–H groups in total. The lowest BCUT2D eigenvalue weighted by Crippen LogP contribution is -2.07. The number of carboxylic acids is 1. The highest BCUT2D eigenvalue weighted by Crippen LogP contribution is 2.20. The van der Waals surface area contributed by atoms with Crippen molar-refractivity contribution in [1.29, 1.82) is 5.26 Å². The Morgan fingerprint density at radius 2 is 2.35 bits per heavy atom. The highest BCUT2D eigenvalue weighted by Gasteiger charge is 2.18. The van der Waals surface area contributed by atoms with Crippen LogP contribution < -0.4 is 0 Å². The van der Waals surface area contributed by atoms with Gasteiger partial charge in [-0.1, -0.05) is 11.6 Å². The van der Waals surface area contributed by atoms with Crippen molar-refractivity contribution in [1.82, 2.24) is 9.38 Å². The van der Waals surface area contributed by atoms with Gasteiger partial charge in [0.15, 0.2) is 5.65 Å². The second-order valence-corrected chi connectivity index (χ2v) is 4.08. The van der Waals surface area contributed by atoms with E-state index in [2.05, 4.69) is 4.98 Å². The summed E-state index contributed by atoms with van der Waals surface area (Å²) in [5.74, 6) is -1.68. The Morgan fingerprint density at radius 3 is 2.94 bits per heavy atom. The van der Waals surface area contributed by atoms with E-state index in [1.165, 1.54) is 13.0 Å². The summed E-state index contributed by atoms with van der Waals surface area (Å²) < 4.78 is 1.57. The van der Waals surface area contributed by atoms with Gasteiger partial charge in [-0.25, -0.2) is 4.98 Å². The van der Waals surface area contributed by atoms with Crippen LogP contribution in [0.25, 0.3) is 5.65 Å². The molecule has 0 saturated carbocycles. The number of fused-ring (bicyclic) bond motifs is 1. The monoisotopic (exact) mass is 249 g/mol. The first kappa shape index (κ1) is 11.4. The largest absolute Gasteiger partial charge is 0.481 e. The van der Waals surface area contributed by atoms with Crippen molar-refractivity contribution in [2.75, 3.05) is 0 Å². The predicted octanol–water partition coefficient (Wildman–Crippen LogP) is 2.05. The topological polar surface area (TPSA) is 78.4 Å². The third kappa shape index (κ3) is 1.95. The molecule has 6 heteroatoms. The van der Waals surface area contributed by atoms with Crippen LogP contribution in [0.15, 0.2) is 18.5 Å². The van der Waals surface area contributed by atoms with Gasteiger partial charge in [-0.15, -0.1) is 0 Å². The fraction of sp³-hybridized carbons (Fsp3) is 0.182. The van der Waals surface area contributed by atoms with Gasteiger partial charge in [0.25, 0.3) is 0 Å². The molecule has 0 saturated heterocycles. The Labute approximate surface area is 102 Å². The van der Waals surface area contributed by atoms with Crippen LogP contribution in [0.1, 0.15) is 24.1 Å². The van der Waals surface area contributed by atoms with Crippen molar-refractivity contribution in [3.05, 3.63) is 34.7 Å². The molecule has 1 atom stereocenters. The zero-order valence-electron chi connectivity index (χ0n) is 8.88. The van der Waals surface area contributed by atoms with Crippen LogP contribution in [-0.4, -0.2) is 20.5 Å². The van der Waals surface area contributed by atoms with Crippen LogP contribution in [0, 0.1) is 11.3 Å². The van der Waals surface area contributed by atoms with E-state index in [1.807, 2.05) is 6.07 Å². The number of aliphatic carboxylic acids is 1. The number of aromatic nitrogens is 2. The van der Waals surface area contributed by atoms with Gasteiger partial charge in [-0.3, -0.25) is 4.79 Å². The molecule has 0 aliphatic heterocycles. The Morgan fingerprint density at radius 1 is 1.65 bits per heavy atom. The van der Waals surface area contributed by atoms with Crippen molar-refractivity contribution >= 4 is 23.2 Å². The Bertz CT molecular complexity index is 642.